The van der Waals surface area contributed by atoms with Crippen molar-refractivity contribution in [2.24, 2.45) is 5.73 Å². The van der Waals surface area contributed by atoms with Crippen molar-refractivity contribution in [2.75, 3.05) is 20.1 Å². The van der Waals surface area contributed by atoms with E-state index in [9.17, 15) is 13.2 Å². The highest BCUT2D eigenvalue weighted by Crippen LogP contribution is 2.12. The molecule has 1 aromatic rings. The minimum atomic E-state index is -3.43. The number of nitrogens with zero attached hydrogens (tertiary/aromatic N) is 1. The SMILES string of the molecule is CNS(=O)(=O)c1ccc(/C=C/C(=O)N2CC[C@H](N)C2)cc1.Cl. The van der Waals surface area contributed by atoms with Crippen molar-refractivity contribution >= 4 is 34.4 Å². The summed E-state index contributed by atoms with van der Waals surface area (Å²) < 4.78 is 25.4. The zero-order chi connectivity index (χ0) is 15.5. The highest BCUT2D eigenvalue weighted by Gasteiger charge is 2.21. The first kappa shape index (κ1) is 18.6. The number of hydrogen-bond donors (Lipinski definition) is 2. The van der Waals surface area contributed by atoms with Crippen molar-refractivity contribution < 1.29 is 13.2 Å². The van der Waals surface area contributed by atoms with E-state index in [1.165, 1.54) is 25.3 Å². The molecule has 1 aliphatic heterocycles. The first-order valence-corrected chi connectivity index (χ1v) is 8.17. The molecular formula is C14H20ClN3O3S. The quantitative estimate of drug-likeness (QED) is 0.781. The number of nitrogens with two attached hydrogens (primary N) is 1. The molecule has 3 N–H and O–H groups in total. The van der Waals surface area contributed by atoms with Crippen molar-refractivity contribution in [3.63, 3.8) is 0 Å². The summed E-state index contributed by atoms with van der Waals surface area (Å²) in [4.78, 5) is 13.8. The molecule has 1 fully saturated rings. The average molecular weight is 346 g/mol. The molecule has 22 heavy (non-hydrogen) atoms. The van der Waals surface area contributed by atoms with Crippen LogP contribution in [0.1, 0.15) is 12.0 Å². The minimum Gasteiger partial charge on any atom is -0.338 e. The topological polar surface area (TPSA) is 92.5 Å². The van der Waals surface area contributed by atoms with E-state index >= 15 is 0 Å². The Morgan fingerprint density at radius 1 is 1.36 bits per heavy atom. The Morgan fingerprint density at radius 2 is 2.00 bits per heavy atom. The van der Waals surface area contributed by atoms with Crippen LogP contribution >= 0.6 is 12.4 Å². The molecule has 0 aliphatic carbocycles. The summed E-state index contributed by atoms with van der Waals surface area (Å²) in [6, 6.07) is 6.38. The summed E-state index contributed by atoms with van der Waals surface area (Å²) in [5.41, 5.74) is 6.53. The van der Waals surface area contributed by atoms with Gasteiger partial charge in [0.05, 0.1) is 4.90 Å². The van der Waals surface area contributed by atoms with E-state index in [2.05, 4.69) is 4.72 Å². The number of hydrogen-bond acceptors (Lipinski definition) is 4. The molecule has 0 aromatic heterocycles. The van der Waals surface area contributed by atoms with E-state index in [0.29, 0.717) is 13.1 Å². The van der Waals surface area contributed by atoms with Gasteiger partial charge < -0.3 is 10.6 Å². The standard InChI is InChI=1S/C14H19N3O3S.ClH/c1-16-21(19,20)13-5-2-11(3-6-13)4-7-14(18)17-9-8-12(15)10-17;/h2-7,12,16H,8-10,15H2,1H3;1H/b7-4+;/t12-;/m0./s1. The minimum absolute atomic E-state index is 0. The third kappa shape index (κ3) is 4.54. The number of sulfonamides is 1. The van der Waals surface area contributed by atoms with Crippen molar-refractivity contribution in [3.05, 3.63) is 35.9 Å². The molecule has 0 saturated carbocycles. The molecule has 1 aliphatic rings. The van der Waals surface area contributed by atoms with Gasteiger partial charge in [0.2, 0.25) is 15.9 Å². The molecule has 1 aromatic carbocycles. The van der Waals surface area contributed by atoms with Crippen LogP contribution in [0.15, 0.2) is 35.2 Å². The summed E-state index contributed by atoms with van der Waals surface area (Å²) in [5.74, 6) is -0.0742. The van der Waals surface area contributed by atoms with Gasteiger partial charge in [-0.25, -0.2) is 13.1 Å². The Labute approximate surface area is 136 Å². The molecule has 0 bridgehead atoms. The van der Waals surface area contributed by atoms with Gasteiger partial charge in [0.15, 0.2) is 0 Å². The lowest BCUT2D eigenvalue weighted by Gasteiger charge is -2.12. The van der Waals surface area contributed by atoms with Crippen LogP contribution in [0, 0.1) is 0 Å². The molecule has 1 saturated heterocycles. The number of halogens is 1. The van der Waals surface area contributed by atoms with Crippen LogP contribution in [-0.4, -0.2) is 45.4 Å². The molecule has 1 heterocycles. The second-order valence-corrected chi connectivity index (χ2v) is 6.83. The number of benzene rings is 1. The molecule has 0 radical (unpaired) electrons. The van der Waals surface area contributed by atoms with Gasteiger partial charge in [0, 0.05) is 25.2 Å². The van der Waals surface area contributed by atoms with Gasteiger partial charge in [-0.3, -0.25) is 4.79 Å². The van der Waals surface area contributed by atoms with E-state index in [0.717, 1.165) is 12.0 Å². The summed E-state index contributed by atoms with van der Waals surface area (Å²) in [5, 5.41) is 0. The van der Waals surface area contributed by atoms with Gasteiger partial charge in [0.25, 0.3) is 0 Å². The van der Waals surface area contributed by atoms with Crippen LogP contribution in [0.4, 0.5) is 0 Å². The normalized spacial score (nSPS) is 18.5. The summed E-state index contributed by atoms with van der Waals surface area (Å²) >= 11 is 0. The second-order valence-electron chi connectivity index (χ2n) is 4.94. The fraction of sp³-hybridized carbons (Fsp3) is 0.357. The summed E-state index contributed by atoms with van der Waals surface area (Å²) in [7, 11) is -2.06. The number of carbonyl (C=O) groups is 1. The second kappa shape index (κ2) is 7.73. The predicted octanol–water partition coefficient (Wildman–Crippen LogP) is 0.589. The first-order valence-electron chi connectivity index (χ1n) is 6.68. The summed E-state index contributed by atoms with van der Waals surface area (Å²) in [6.07, 6.45) is 3.98. The Hall–Kier alpha value is -1.41. The first-order chi connectivity index (χ1) is 9.92. The zero-order valence-electron chi connectivity index (χ0n) is 12.2. The van der Waals surface area contributed by atoms with Crippen molar-refractivity contribution in [1.29, 1.82) is 0 Å². The van der Waals surface area contributed by atoms with E-state index in [1.54, 1.807) is 23.1 Å². The predicted molar refractivity (Wildman–Crippen MR) is 88.1 cm³/mol. The van der Waals surface area contributed by atoms with Crippen LogP contribution in [0.3, 0.4) is 0 Å². The van der Waals surface area contributed by atoms with Crippen LogP contribution in [0.25, 0.3) is 6.08 Å². The third-order valence-electron chi connectivity index (χ3n) is 3.41. The number of amides is 1. The van der Waals surface area contributed by atoms with E-state index in [4.69, 9.17) is 5.73 Å². The van der Waals surface area contributed by atoms with Crippen LogP contribution < -0.4 is 10.5 Å². The molecule has 1 atom stereocenters. The van der Waals surface area contributed by atoms with E-state index in [1.807, 2.05) is 0 Å². The molecule has 0 spiro atoms. The Balaban J connectivity index is 0.00000242. The Kier molecular flexibility index (Phi) is 6.55. The van der Waals surface area contributed by atoms with Crippen molar-refractivity contribution in [1.82, 2.24) is 9.62 Å². The van der Waals surface area contributed by atoms with Gasteiger partial charge in [-0.1, -0.05) is 12.1 Å². The number of nitrogens with one attached hydrogen (secondary N) is 1. The van der Waals surface area contributed by atoms with Crippen molar-refractivity contribution in [3.8, 4) is 0 Å². The molecule has 2 rings (SSSR count). The monoisotopic (exact) mass is 345 g/mol. The lowest BCUT2D eigenvalue weighted by molar-refractivity contribution is -0.124. The van der Waals surface area contributed by atoms with Gasteiger partial charge in [-0.15, -0.1) is 12.4 Å². The molecule has 6 nitrogen and oxygen atoms in total. The average Bonchev–Trinajstić information content (AvgIpc) is 2.92. The number of likely N-dealkylation sites (tertiary alicyclic amines) is 1. The maximum Gasteiger partial charge on any atom is 0.246 e. The molecule has 122 valence electrons. The van der Waals surface area contributed by atoms with Gasteiger partial charge in [-0.05, 0) is 37.2 Å². The van der Waals surface area contributed by atoms with Gasteiger partial charge in [-0.2, -0.15) is 0 Å². The van der Waals surface area contributed by atoms with E-state index < -0.39 is 10.0 Å². The maximum absolute atomic E-state index is 11.9. The lowest BCUT2D eigenvalue weighted by Crippen LogP contribution is -2.30. The van der Waals surface area contributed by atoms with Gasteiger partial charge >= 0.3 is 0 Å². The summed E-state index contributed by atoms with van der Waals surface area (Å²) in [6.45, 7) is 1.27. The van der Waals surface area contributed by atoms with Crippen LogP contribution in [-0.2, 0) is 14.8 Å². The highest BCUT2D eigenvalue weighted by atomic mass is 35.5. The van der Waals surface area contributed by atoms with Crippen LogP contribution in [0.5, 0.6) is 0 Å². The molecular weight excluding hydrogens is 326 g/mol. The van der Waals surface area contributed by atoms with Gasteiger partial charge in [0.1, 0.15) is 0 Å². The van der Waals surface area contributed by atoms with Crippen LogP contribution in [0.2, 0.25) is 0 Å². The Morgan fingerprint density at radius 3 is 2.50 bits per heavy atom. The Bertz CT molecular complexity index is 644. The largest absolute Gasteiger partial charge is 0.338 e. The van der Waals surface area contributed by atoms with Crippen molar-refractivity contribution in [2.45, 2.75) is 17.4 Å². The lowest BCUT2D eigenvalue weighted by atomic mass is 10.2. The molecule has 1 amide bonds. The molecule has 8 heteroatoms. The van der Waals surface area contributed by atoms with E-state index in [-0.39, 0.29) is 29.3 Å². The smallest absolute Gasteiger partial charge is 0.246 e. The highest BCUT2D eigenvalue weighted by molar-refractivity contribution is 7.89. The fourth-order valence-corrected chi connectivity index (χ4v) is 2.87. The maximum atomic E-state index is 11.9. The third-order valence-corrected chi connectivity index (χ3v) is 4.84. The fourth-order valence-electron chi connectivity index (χ4n) is 2.14. The zero-order valence-corrected chi connectivity index (χ0v) is 13.9. The number of carbonyl (C=O) groups excluding carboxylic acids is 1. The molecule has 0 unspecified atom stereocenters. The number of rotatable bonds is 4.